The van der Waals surface area contributed by atoms with E-state index in [0.29, 0.717) is 22.9 Å². The molecule has 0 heterocycles. The molecule has 1 amide bonds. The topological polar surface area (TPSA) is 66.4 Å². The van der Waals surface area contributed by atoms with Crippen molar-refractivity contribution in [2.75, 3.05) is 0 Å². The molecule has 1 aromatic rings. The molecule has 2 N–H and O–H groups in total. The van der Waals surface area contributed by atoms with Gasteiger partial charge in [0, 0.05) is 8.95 Å². The van der Waals surface area contributed by atoms with Crippen molar-refractivity contribution in [2.45, 2.75) is 31.2 Å². The number of aliphatic carboxylic acids is 1. The Bertz CT molecular complexity index is 525. The summed E-state index contributed by atoms with van der Waals surface area (Å²) in [6, 6.07) is 5.23. The largest absolute Gasteiger partial charge is 0.480 e. The number of carboxylic acid groups (broad SMARTS) is 1. The standard InChI is InChI=1S/C13H13Br2NO3/c14-8-3-4-10(15)9(7-8)11(17)16-13(12(18)19)5-1-2-6-13/h3-4,7H,1-2,5-6H2,(H,16,17)(H,18,19). The van der Waals surface area contributed by atoms with Gasteiger partial charge in [-0.2, -0.15) is 0 Å². The normalized spacial score (nSPS) is 17.2. The highest BCUT2D eigenvalue weighted by Crippen LogP contribution is 2.31. The summed E-state index contributed by atoms with van der Waals surface area (Å²) < 4.78 is 1.42. The van der Waals surface area contributed by atoms with E-state index < -0.39 is 11.5 Å². The second-order valence-corrected chi connectivity index (χ2v) is 6.44. The second kappa shape index (κ2) is 5.63. The highest BCUT2D eigenvalue weighted by Gasteiger charge is 2.42. The summed E-state index contributed by atoms with van der Waals surface area (Å²) in [4.78, 5) is 23.7. The van der Waals surface area contributed by atoms with Crippen LogP contribution in [-0.4, -0.2) is 22.5 Å². The van der Waals surface area contributed by atoms with Crippen molar-refractivity contribution in [2.24, 2.45) is 0 Å². The lowest BCUT2D eigenvalue weighted by molar-refractivity contribution is -0.144. The molecular weight excluding hydrogens is 378 g/mol. The molecule has 1 aromatic carbocycles. The van der Waals surface area contributed by atoms with Gasteiger partial charge in [0.25, 0.3) is 5.91 Å². The van der Waals surface area contributed by atoms with Gasteiger partial charge in [-0.05, 0) is 47.0 Å². The first-order valence-corrected chi connectivity index (χ1v) is 7.54. The lowest BCUT2D eigenvalue weighted by atomic mass is 9.97. The lowest BCUT2D eigenvalue weighted by Crippen LogP contribution is -2.52. The van der Waals surface area contributed by atoms with E-state index in [9.17, 15) is 14.7 Å². The van der Waals surface area contributed by atoms with Crippen molar-refractivity contribution in [3.8, 4) is 0 Å². The van der Waals surface area contributed by atoms with E-state index in [1.165, 1.54) is 0 Å². The third kappa shape index (κ3) is 3.00. The zero-order chi connectivity index (χ0) is 14.0. The van der Waals surface area contributed by atoms with E-state index in [1.807, 2.05) is 6.07 Å². The number of hydrogen-bond donors (Lipinski definition) is 2. The fourth-order valence-corrected chi connectivity index (χ4v) is 3.11. The van der Waals surface area contributed by atoms with Gasteiger partial charge >= 0.3 is 5.97 Å². The smallest absolute Gasteiger partial charge is 0.329 e. The average molecular weight is 391 g/mol. The molecule has 1 aliphatic rings. The molecule has 0 unspecified atom stereocenters. The fraction of sp³-hybridized carbons (Fsp3) is 0.385. The maximum atomic E-state index is 12.3. The number of carboxylic acids is 1. The summed E-state index contributed by atoms with van der Waals surface area (Å²) in [6.07, 6.45) is 2.62. The summed E-state index contributed by atoms with van der Waals surface area (Å²) in [5.74, 6) is -1.32. The number of carbonyl (C=O) groups is 2. The highest BCUT2D eigenvalue weighted by molar-refractivity contribution is 9.11. The van der Waals surface area contributed by atoms with Crippen LogP contribution in [0.5, 0.6) is 0 Å². The van der Waals surface area contributed by atoms with E-state index in [4.69, 9.17) is 0 Å². The third-order valence-electron chi connectivity index (χ3n) is 3.39. The van der Waals surface area contributed by atoms with Gasteiger partial charge in [0.15, 0.2) is 0 Å². The molecule has 19 heavy (non-hydrogen) atoms. The van der Waals surface area contributed by atoms with Crippen molar-refractivity contribution in [1.29, 1.82) is 0 Å². The Morgan fingerprint density at radius 3 is 2.42 bits per heavy atom. The SMILES string of the molecule is O=C(NC1(C(=O)O)CCCC1)c1cc(Br)ccc1Br. The molecule has 0 spiro atoms. The van der Waals surface area contributed by atoms with Gasteiger partial charge in [0.2, 0.25) is 0 Å². The molecule has 0 bridgehead atoms. The van der Waals surface area contributed by atoms with E-state index in [2.05, 4.69) is 37.2 Å². The molecule has 0 aliphatic heterocycles. The molecule has 0 radical (unpaired) electrons. The van der Waals surface area contributed by atoms with Crippen LogP contribution in [0, 0.1) is 0 Å². The molecule has 1 aliphatic carbocycles. The highest BCUT2D eigenvalue weighted by atomic mass is 79.9. The van der Waals surface area contributed by atoms with Crippen LogP contribution in [0.2, 0.25) is 0 Å². The fourth-order valence-electron chi connectivity index (χ4n) is 2.33. The third-order valence-corrected chi connectivity index (χ3v) is 4.58. The van der Waals surface area contributed by atoms with Gasteiger partial charge in [-0.3, -0.25) is 4.79 Å². The average Bonchev–Trinajstić information content (AvgIpc) is 2.82. The molecule has 1 fully saturated rings. The molecule has 0 saturated heterocycles. The first-order chi connectivity index (χ1) is 8.94. The minimum absolute atomic E-state index is 0.363. The predicted molar refractivity (Wildman–Crippen MR) is 78.1 cm³/mol. The number of halogens is 2. The quantitative estimate of drug-likeness (QED) is 0.831. The number of hydrogen-bond acceptors (Lipinski definition) is 2. The van der Waals surface area contributed by atoms with Crippen LogP contribution in [0.15, 0.2) is 27.1 Å². The maximum Gasteiger partial charge on any atom is 0.329 e. The van der Waals surface area contributed by atoms with Crippen molar-refractivity contribution in [1.82, 2.24) is 5.32 Å². The number of rotatable bonds is 3. The maximum absolute atomic E-state index is 12.3. The van der Waals surface area contributed by atoms with Crippen molar-refractivity contribution in [3.63, 3.8) is 0 Å². The molecule has 0 atom stereocenters. The van der Waals surface area contributed by atoms with Crippen LogP contribution in [-0.2, 0) is 4.79 Å². The molecular formula is C13H13Br2NO3. The molecule has 4 nitrogen and oxygen atoms in total. The summed E-state index contributed by atoms with van der Waals surface area (Å²) in [6.45, 7) is 0. The molecule has 1 saturated carbocycles. The number of carbonyl (C=O) groups excluding carboxylic acids is 1. The van der Waals surface area contributed by atoms with Gasteiger partial charge < -0.3 is 10.4 Å². The van der Waals surface area contributed by atoms with Crippen LogP contribution in [0.1, 0.15) is 36.0 Å². The minimum atomic E-state index is -1.11. The summed E-state index contributed by atoms with van der Waals surface area (Å²) in [5, 5.41) is 12.0. The van der Waals surface area contributed by atoms with Crippen molar-refractivity contribution >= 4 is 43.7 Å². The van der Waals surface area contributed by atoms with Crippen LogP contribution in [0.4, 0.5) is 0 Å². The van der Waals surface area contributed by atoms with Gasteiger partial charge in [0.1, 0.15) is 5.54 Å². The van der Waals surface area contributed by atoms with E-state index in [-0.39, 0.29) is 5.91 Å². The van der Waals surface area contributed by atoms with E-state index in [1.54, 1.807) is 12.1 Å². The van der Waals surface area contributed by atoms with Crippen LogP contribution >= 0.6 is 31.9 Å². The van der Waals surface area contributed by atoms with Crippen molar-refractivity contribution in [3.05, 3.63) is 32.7 Å². The predicted octanol–water partition coefficient (Wildman–Crippen LogP) is 3.34. The van der Waals surface area contributed by atoms with Gasteiger partial charge in [-0.15, -0.1) is 0 Å². The number of amides is 1. The molecule has 0 aromatic heterocycles. The van der Waals surface area contributed by atoms with Gasteiger partial charge in [-0.1, -0.05) is 28.8 Å². The number of benzene rings is 1. The Morgan fingerprint density at radius 1 is 1.21 bits per heavy atom. The molecule has 102 valence electrons. The first-order valence-electron chi connectivity index (χ1n) is 5.95. The lowest BCUT2D eigenvalue weighted by Gasteiger charge is -2.25. The summed E-state index contributed by atoms with van der Waals surface area (Å²) in [5.41, 5.74) is -0.680. The first kappa shape index (κ1) is 14.5. The zero-order valence-electron chi connectivity index (χ0n) is 10.1. The Morgan fingerprint density at radius 2 is 1.84 bits per heavy atom. The van der Waals surface area contributed by atoms with Gasteiger partial charge in [0.05, 0.1) is 5.56 Å². The summed E-state index contributed by atoms with van der Waals surface area (Å²) in [7, 11) is 0. The Hall–Kier alpha value is -0.880. The second-order valence-electron chi connectivity index (χ2n) is 4.67. The zero-order valence-corrected chi connectivity index (χ0v) is 13.3. The molecule has 2 rings (SSSR count). The van der Waals surface area contributed by atoms with Crippen LogP contribution < -0.4 is 5.32 Å². The van der Waals surface area contributed by atoms with E-state index >= 15 is 0 Å². The van der Waals surface area contributed by atoms with Crippen LogP contribution in [0.3, 0.4) is 0 Å². The van der Waals surface area contributed by atoms with Gasteiger partial charge in [-0.25, -0.2) is 4.79 Å². The Labute approximate surface area is 127 Å². The minimum Gasteiger partial charge on any atom is -0.480 e. The Kier molecular flexibility index (Phi) is 4.30. The number of nitrogens with one attached hydrogen (secondary N) is 1. The summed E-state index contributed by atoms with van der Waals surface area (Å²) >= 11 is 6.61. The molecule has 6 heteroatoms. The van der Waals surface area contributed by atoms with Crippen LogP contribution in [0.25, 0.3) is 0 Å². The van der Waals surface area contributed by atoms with E-state index in [0.717, 1.165) is 17.3 Å². The Balaban J connectivity index is 2.25. The monoisotopic (exact) mass is 389 g/mol. The van der Waals surface area contributed by atoms with Crippen molar-refractivity contribution < 1.29 is 14.7 Å².